The molecular weight excluding hydrogens is 282 g/mol. The van der Waals surface area contributed by atoms with Crippen molar-refractivity contribution in [2.75, 3.05) is 0 Å². The lowest BCUT2D eigenvalue weighted by molar-refractivity contribution is 0.100. The monoisotopic (exact) mass is 301 g/mol. The highest BCUT2D eigenvalue weighted by Gasteiger charge is 2.17. The van der Waals surface area contributed by atoms with Crippen molar-refractivity contribution in [1.82, 2.24) is 0 Å². The zero-order valence-electron chi connectivity index (χ0n) is 13.1. The minimum Gasteiger partial charge on any atom is -0.366 e. The molecule has 3 aromatic carbocycles. The first kappa shape index (κ1) is 15.0. The topological polar surface area (TPSA) is 43.1 Å². The average Bonchev–Trinajstić information content (AvgIpc) is 2.61. The van der Waals surface area contributed by atoms with Gasteiger partial charge in [-0.2, -0.15) is 0 Å². The standard InChI is InChI=1S/C21H19NO/c1-2-15-9-6-7-12-17(15)19-14-8-13-18(20(19)21(22)23)16-10-4-3-5-11-16/h3-14H,2H2,1H3,(H2,22,23). The molecule has 0 unspecified atom stereocenters. The fraction of sp³-hybridized carbons (Fsp3) is 0.0952. The molecule has 0 spiro atoms. The van der Waals surface area contributed by atoms with Gasteiger partial charge in [0.15, 0.2) is 0 Å². The predicted octanol–water partition coefficient (Wildman–Crippen LogP) is 4.68. The summed E-state index contributed by atoms with van der Waals surface area (Å²) in [6.45, 7) is 2.11. The summed E-state index contributed by atoms with van der Waals surface area (Å²) in [5, 5.41) is 0. The highest BCUT2D eigenvalue weighted by atomic mass is 16.1. The smallest absolute Gasteiger partial charge is 0.249 e. The van der Waals surface area contributed by atoms with Crippen LogP contribution in [0.2, 0.25) is 0 Å². The van der Waals surface area contributed by atoms with Gasteiger partial charge in [-0.05, 0) is 34.2 Å². The molecule has 0 fully saturated rings. The van der Waals surface area contributed by atoms with Gasteiger partial charge in [0.2, 0.25) is 5.91 Å². The minimum atomic E-state index is -0.398. The quantitative estimate of drug-likeness (QED) is 0.747. The first-order chi connectivity index (χ1) is 11.2. The number of rotatable bonds is 4. The molecule has 0 bridgehead atoms. The van der Waals surface area contributed by atoms with E-state index in [0.29, 0.717) is 5.56 Å². The van der Waals surface area contributed by atoms with Gasteiger partial charge in [0.05, 0.1) is 5.56 Å². The third-order valence-electron chi connectivity index (χ3n) is 4.08. The molecule has 0 aliphatic heterocycles. The number of hydrogen-bond donors (Lipinski definition) is 1. The molecule has 0 saturated heterocycles. The zero-order valence-corrected chi connectivity index (χ0v) is 13.1. The van der Waals surface area contributed by atoms with E-state index in [4.69, 9.17) is 5.73 Å². The van der Waals surface area contributed by atoms with Gasteiger partial charge in [0, 0.05) is 0 Å². The zero-order chi connectivity index (χ0) is 16.2. The van der Waals surface area contributed by atoms with E-state index in [1.54, 1.807) is 0 Å². The fourth-order valence-corrected chi connectivity index (χ4v) is 2.99. The molecule has 0 radical (unpaired) electrons. The summed E-state index contributed by atoms with van der Waals surface area (Å²) in [5.41, 5.74) is 11.4. The molecule has 0 heterocycles. The van der Waals surface area contributed by atoms with Crippen LogP contribution in [0, 0.1) is 0 Å². The van der Waals surface area contributed by atoms with E-state index in [2.05, 4.69) is 19.1 Å². The lowest BCUT2D eigenvalue weighted by atomic mass is 9.89. The SMILES string of the molecule is CCc1ccccc1-c1cccc(-c2ccccc2)c1C(N)=O. The van der Waals surface area contributed by atoms with Crippen LogP contribution in [0.1, 0.15) is 22.8 Å². The number of hydrogen-bond acceptors (Lipinski definition) is 1. The fourth-order valence-electron chi connectivity index (χ4n) is 2.99. The Bertz CT molecular complexity index is 837. The Morgan fingerprint density at radius 1 is 0.783 bits per heavy atom. The number of primary amides is 1. The lowest BCUT2D eigenvalue weighted by Gasteiger charge is -2.15. The van der Waals surface area contributed by atoms with Gasteiger partial charge in [-0.25, -0.2) is 0 Å². The third kappa shape index (κ3) is 2.88. The Morgan fingerprint density at radius 2 is 1.39 bits per heavy atom. The molecule has 114 valence electrons. The molecule has 0 saturated carbocycles. The number of aryl methyl sites for hydroxylation is 1. The third-order valence-corrected chi connectivity index (χ3v) is 4.08. The van der Waals surface area contributed by atoms with E-state index in [0.717, 1.165) is 28.7 Å². The Balaban J connectivity index is 2.29. The largest absolute Gasteiger partial charge is 0.366 e. The van der Waals surface area contributed by atoms with Crippen LogP contribution in [-0.4, -0.2) is 5.91 Å². The molecule has 3 aromatic rings. The molecule has 0 aliphatic carbocycles. The molecule has 0 atom stereocenters. The van der Waals surface area contributed by atoms with Gasteiger partial charge in [0.25, 0.3) is 0 Å². The van der Waals surface area contributed by atoms with Gasteiger partial charge < -0.3 is 5.73 Å². The second kappa shape index (κ2) is 6.49. The van der Waals surface area contributed by atoms with E-state index in [9.17, 15) is 4.79 Å². The van der Waals surface area contributed by atoms with Crippen LogP contribution in [0.4, 0.5) is 0 Å². The van der Waals surface area contributed by atoms with Crippen LogP contribution in [0.25, 0.3) is 22.3 Å². The molecule has 2 nitrogen and oxygen atoms in total. The van der Waals surface area contributed by atoms with Crippen molar-refractivity contribution in [1.29, 1.82) is 0 Å². The van der Waals surface area contributed by atoms with E-state index in [1.165, 1.54) is 5.56 Å². The minimum absolute atomic E-state index is 0.398. The Morgan fingerprint density at radius 3 is 2.09 bits per heavy atom. The molecular formula is C21H19NO. The molecule has 2 heteroatoms. The number of carbonyl (C=O) groups excluding carboxylic acids is 1. The lowest BCUT2D eigenvalue weighted by Crippen LogP contribution is -2.14. The van der Waals surface area contributed by atoms with Gasteiger partial charge in [-0.1, -0.05) is 79.7 Å². The van der Waals surface area contributed by atoms with Crippen LogP contribution < -0.4 is 5.73 Å². The van der Waals surface area contributed by atoms with Gasteiger partial charge >= 0.3 is 0 Å². The van der Waals surface area contributed by atoms with Crippen molar-refractivity contribution < 1.29 is 4.79 Å². The van der Waals surface area contributed by atoms with Crippen LogP contribution in [0.15, 0.2) is 72.8 Å². The maximum Gasteiger partial charge on any atom is 0.249 e. The van der Waals surface area contributed by atoms with Crippen molar-refractivity contribution in [3.8, 4) is 22.3 Å². The highest BCUT2D eigenvalue weighted by molar-refractivity contribution is 6.06. The summed E-state index contributed by atoms with van der Waals surface area (Å²) < 4.78 is 0. The Hall–Kier alpha value is -2.87. The van der Waals surface area contributed by atoms with Crippen LogP contribution in [0.5, 0.6) is 0 Å². The molecule has 3 rings (SSSR count). The molecule has 1 amide bonds. The number of carbonyl (C=O) groups is 1. The summed E-state index contributed by atoms with van der Waals surface area (Å²) in [7, 11) is 0. The van der Waals surface area contributed by atoms with Crippen molar-refractivity contribution in [2.45, 2.75) is 13.3 Å². The molecule has 0 aliphatic rings. The van der Waals surface area contributed by atoms with Crippen molar-refractivity contribution in [3.05, 3.63) is 83.9 Å². The molecule has 23 heavy (non-hydrogen) atoms. The van der Waals surface area contributed by atoms with Crippen molar-refractivity contribution >= 4 is 5.91 Å². The van der Waals surface area contributed by atoms with Crippen LogP contribution >= 0.6 is 0 Å². The summed E-state index contributed by atoms with van der Waals surface area (Å²) in [6, 6.07) is 24.0. The van der Waals surface area contributed by atoms with Gasteiger partial charge in [-0.3, -0.25) is 4.79 Å². The number of benzene rings is 3. The molecule has 0 aromatic heterocycles. The van der Waals surface area contributed by atoms with E-state index in [-0.39, 0.29) is 0 Å². The van der Waals surface area contributed by atoms with Crippen LogP contribution in [0.3, 0.4) is 0 Å². The maximum absolute atomic E-state index is 12.2. The van der Waals surface area contributed by atoms with E-state index < -0.39 is 5.91 Å². The van der Waals surface area contributed by atoms with Crippen molar-refractivity contribution in [2.24, 2.45) is 5.73 Å². The number of amides is 1. The van der Waals surface area contributed by atoms with E-state index >= 15 is 0 Å². The normalized spacial score (nSPS) is 10.5. The highest BCUT2D eigenvalue weighted by Crippen LogP contribution is 2.33. The summed E-state index contributed by atoms with van der Waals surface area (Å²) in [5.74, 6) is -0.398. The Kier molecular flexibility index (Phi) is 4.24. The van der Waals surface area contributed by atoms with Gasteiger partial charge in [0.1, 0.15) is 0 Å². The van der Waals surface area contributed by atoms with Gasteiger partial charge in [-0.15, -0.1) is 0 Å². The second-order valence-electron chi connectivity index (χ2n) is 5.47. The summed E-state index contributed by atoms with van der Waals surface area (Å²) >= 11 is 0. The summed E-state index contributed by atoms with van der Waals surface area (Å²) in [6.07, 6.45) is 0.907. The predicted molar refractivity (Wildman–Crippen MR) is 95.2 cm³/mol. The Labute approximate surface area is 136 Å². The molecule has 2 N–H and O–H groups in total. The van der Waals surface area contributed by atoms with Crippen molar-refractivity contribution in [3.63, 3.8) is 0 Å². The number of nitrogens with two attached hydrogens (primary N) is 1. The second-order valence-corrected chi connectivity index (χ2v) is 5.47. The first-order valence-corrected chi connectivity index (χ1v) is 7.79. The van der Waals surface area contributed by atoms with E-state index in [1.807, 2.05) is 60.7 Å². The maximum atomic E-state index is 12.2. The first-order valence-electron chi connectivity index (χ1n) is 7.79. The summed E-state index contributed by atoms with van der Waals surface area (Å²) in [4.78, 5) is 12.2. The van der Waals surface area contributed by atoms with Crippen LogP contribution in [-0.2, 0) is 6.42 Å². The average molecular weight is 301 g/mol.